The molecule has 0 heterocycles. The normalized spacial score (nSPS) is 13.7. The van der Waals surface area contributed by atoms with E-state index < -0.39 is 23.7 Å². The van der Waals surface area contributed by atoms with Gasteiger partial charge in [0.1, 0.15) is 5.60 Å². The van der Waals surface area contributed by atoms with Gasteiger partial charge in [0.05, 0.1) is 12.1 Å². The number of nitrogens with one attached hydrogen (secondary N) is 1. The average molecular weight is 486 g/mol. The van der Waals surface area contributed by atoms with Crippen molar-refractivity contribution in [1.82, 2.24) is 5.32 Å². The van der Waals surface area contributed by atoms with Crippen molar-refractivity contribution >= 4 is 29.5 Å². The van der Waals surface area contributed by atoms with E-state index in [9.17, 15) is 18.7 Å². The second-order valence-electron chi connectivity index (χ2n) is 8.93. The van der Waals surface area contributed by atoms with Crippen molar-refractivity contribution < 1.29 is 23.4 Å². The zero-order chi connectivity index (χ0) is 23.9. The molecule has 32 heavy (non-hydrogen) atoms. The summed E-state index contributed by atoms with van der Waals surface area (Å²) in [5, 5.41) is 13.1. The van der Waals surface area contributed by atoms with Gasteiger partial charge in [0, 0.05) is 20.4 Å². The van der Waals surface area contributed by atoms with Crippen LogP contribution in [0.25, 0.3) is 0 Å². The molecule has 1 amide bonds. The quantitative estimate of drug-likeness (QED) is 0.400. The van der Waals surface area contributed by atoms with Gasteiger partial charge in [-0.25, -0.2) is 13.6 Å². The summed E-state index contributed by atoms with van der Waals surface area (Å²) < 4.78 is 31.1. The standard InChI is InChI=1S/C24H30ClF2NO3S/c1-23(2,3)31-22(30)28-24(4,15-29)12-6-8-16-10-11-19(14-20(16)25)32-18-9-5-7-17(13-18)21(26)27/h5,7,9-11,13-14,21,29H,6,8,12,15H2,1-4H3,(H,28,30)/t24-/m1/s1. The molecule has 0 aliphatic rings. The largest absolute Gasteiger partial charge is 0.444 e. The summed E-state index contributed by atoms with van der Waals surface area (Å²) in [5.41, 5.74) is -0.492. The summed E-state index contributed by atoms with van der Waals surface area (Å²) in [5.74, 6) is 0. The molecule has 2 N–H and O–H groups in total. The molecular weight excluding hydrogens is 456 g/mol. The SMILES string of the molecule is CC(C)(C)OC(=O)N[C@@](C)(CO)CCCc1ccc(Sc2cccc(C(F)F)c2)cc1Cl. The van der Waals surface area contributed by atoms with Gasteiger partial charge in [-0.2, -0.15) is 0 Å². The minimum Gasteiger partial charge on any atom is -0.444 e. The molecule has 2 aromatic rings. The third-order valence-electron chi connectivity index (χ3n) is 4.70. The van der Waals surface area contributed by atoms with Crippen LogP contribution in [0.3, 0.4) is 0 Å². The van der Waals surface area contributed by atoms with Crippen molar-refractivity contribution in [3.63, 3.8) is 0 Å². The second kappa shape index (κ2) is 11.3. The van der Waals surface area contributed by atoms with Crippen molar-refractivity contribution in [3.05, 3.63) is 58.6 Å². The van der Waals surface area contributed by atoms with Gasteiger partial charge >= 0.3 is 6.09 Å². The lowest BCUT2D eigenvalue weighted by Gasteiger charge is -2.30. The fraction of sp³-hybridized carbons (Fsp3) is 0.458. The molecule has 0 bridgehead atoms. The maximum absolute atomic E-state index is 12.9. The Labute approximate surface area is 197 Å². The molecule has 8 heteroatoms. The Morgan fingerprint density at radius 2 is 1.84 bits per heavy atom. The molecule has 1 atom stereocenters. The van der Waals surface area contributed by atoms with Gasteiger partial charge in [-0.15, -0.1) is 0 Å². The Kier molecular flexibility index (Phi) is 9.37. The minimum atomic E-state index is -2.50. The van der Waals surface area contributed by atoms with Crippen LogP contribution >= 0.6 is 23.4 Å². The first-order chi connectivity index (χ1) is 14.9. The van der Waals surface area contributed by atoms with Gasteiger partial charge in [-0.3, -0.25) is 0 Å². The number of benzene rings is 2. The van der Waals surface area contributed by atoms with E-state index in [4.69, 9.17) is 16.3 Å². The van der Waals surface area contributed by atoms with Crippen LogP contribution in [0.5, 0.6) is 0 Å². The van der Waals surface area contributed by atoms with Crippen LogP contribution in [-0.4, -0.2) is 28.9 Å². The molecule has 0 spiro atoms. The van der Waals surface area contributed by atoms with Gasteiger partial charge < -0.3 is 15.2 Å². The number of alkyl carbamates (subject to hydrolysis) is 1. The average Bonchev–Trinajstić information content (AvgIpc) is 2.68. The van der Waals surface area contributed by atoms with Gasteiger partial charge in [0.2, 0.25) is 0 Å². The summed E-state index contributed by atoms with van der Waals surface area (Å²) in [6.07, 6.45) is -1.18. The van der Waals surface area contributed by atoms with Crippen molar-refractivity contribution in [3.8, 4) is 0 Å². The molecule has 0 aliphatic heterocycles. The number of carbonyl (C=O) groups excluding carboxylic acids is 1. The molecule has 0 fully saturated rings. The summed E-state index contributed by atoms with van der Waals surface area (Å²) in [4.78, 5) is 13.6. The highest BCUT2D eigenvalue weighted by Gasteiger charge is 2.28. The number of rotatable bonds is 9. The summed E-state index contributed by atoms with van der Waals surface area (Å²) in [6, 6.07) is 11.9. The molecular formula is C24H30ClF2NO3S. The first-order valence-corrected chi connectivity index (χ1v) is 11.6. The molecule has 0 aromatic heterocycles. The topological polar surface area (TPSA) is 58.6 Å². The lowest BCUT2D eigenvalue weighted by atomic mass is 9.94. The van der Waals surface area contributed by atoms with Crippen LogP contribution < -0.4 is 5.32 Å². The van der Waals surface area contributed by atoms with E-state index >= 15 is 0 Å². The Hall–Kier alpha value is -1.83. The molecule has 0 radical (unpaired) electrons. The number of amides is 1. The van der Waals surface area contributed by atoms with Gasteiger partial charge in [0.15, 0.2) is 0 Å². The first-order valence-electron chi connectivity index (χ1n) is 10.4. The summed E-state index contributed by atoms with van der Waals surface area (Å²) >= 11 is 7.82. The van der Waals surface area contributed by atoms with E-state index in [2.05, 4.69) is 5.32 Å². The highest BCUT2D eigenvalue weighted by molar-refractivity contribution is 7.99. The molecule has 0 saturated carbocycles. The minimum absolute atomic E-state index is 0.00959. The van der Waals surface area contributed by atoms with E-state index in [1.54, 1.807) is 39.8 Å². The van der Waals surface area contributed by atoms with Crippen LogP contribution in [0, 0.1) is 0 Å². The molecule has 176 valence electrons. The number of aliphatic hydroxyl groups is 1. The van der Waals surface area contributed by atoms with Crippen LogP contribution in [0.4, 0.5) is 13.6 Å². The number of hydrogen-bond donors (Lipinski definition) is 2. The van der Waals surface area contributed by atoms with Gasteiger partial charge in [-0.1, -0.05) is 41.6 Å². The van der Waals surface area contributed by atoms with Crippen LogP contribution in [-0.2, 0) is 11.2 Å². The molecule has 0 saturated heterocycles. The third kappa shape index (κ3) is 8.60. The highest BCUT2D eigenvalue weighted by atomic mass is 35.5. The lowest BCUT2D eigenvalue weighted by Crippen LogP contribution is -2.50. The van der Waals surface area contributed by atoms with Crippen molar-refractivity contribution in [2.24, 2.45) is 0 Å². The number of hydrogen-bond acceptors (Lipinski definition) is 4. The van der Waals surface area contributed by atoms with E-state index in [0.29, 0.717) is 24.3 Å². The number of aryl methyl sites for hydroxylation is 1. The number of carbonyl (C=O) groups is 1. The van der Waals surface area contributed by atoms with Crippen LogP contribution in [0.15, 0.2) is 52.3 Å². The maximum Gasteiger partial charge on any atom is 0.408 e. The Morgan fingerprint density at radius 3 is 2.44 bits per heavy atom. The van der Waals surface area contributed by atoms with Crippen molar-refractivity contribution in [2.45, 2.75) is 74.3 Å². The smallest absolute Gasteiger partial charge is 0.408 e. The van der Waals surface area contributed by atoms with Gasteiger partial charge in [-0.05, 0) is 76.8 Å². The monoisotopic (exact) mass is 485 g/mol. The van der Waals surface area contributed by atoms with E-state index in [1.807, 2.05) is 18.2 Å². The van der Waals surface area contributed by atoms with Crippen molar-refractivity contribution in [2.75, 3.05) is 6.61 Å². The number of aliphatic hydroxyl groups excluding tert-OH is 1. The molecule has 0 unspecified atom stereocenters. The van der Waals surface area contributed by atoms with Crippen LogP contribution in [0.1, 0.15) is 58.1 Å². The lowest BCUT2D eigenvalue weighted by molar-refractivity contribution is 0.0404. The van der Waals surface area contributed by atoms with Crippen molar-refractivity contribution in [1.29, 1.82) is 0 Å². The summed E-state index contributed by atoms with van der Waals surface area (Å²) in [6.45, 7) is 6.89. The van der Waals surface area contributed by atoms with E-state index in [1.165, 1.54) is 23.9 Å². The Morgan fingerprint density at radius 1 is 1.16 bits per heavy atom. The van der Waals surface area contributed by atoms with E-state index in [-0.39, 0.29) is 12.2 Å². The molecule has 2 rings (SSSR count). The third-order valence-corrected chi connectivity index (χ3v) is 6.03. The predicted molar refractivity (Wildman–Crippen MR) is 125 cm³/mol. The fourth-order valence-electron chi connectivity index (χ4n) is 3.04. The fourth-order valence-corrected chi connectivity index (χ4v) is 4.31. The highest BCUT2D eigenvalue weighted by Crippen LogP contribution is 2.33. The second-order valence-corrected chi connectivity index (χ2v) is 10.5. The maximum atomic E-state index is 12.9. The summed E-state index contributed by atoms with van der Waals surface area (Å²) in [7, 11) is 0. The van der Waals surface area contributed by atoms with E-state index in [0.717, 1.165) is 15.4 Å². The van der Waals surface area contributed by atoms with Crippen LogP contribution in [0.2, 0.25) is 5.02 Å². The predicted octanol–water partition coefficient (Wildman–Crippen LogP) is 7.03. The first kappa shape index (κ1) is 26.4. The Bertz CT molecular complexity index is 920. The zero-order valence-corrected chi connectivity index (χ0v) is 20.3. The molecule has 4 nitrogen and oxygen atoms in total. The number of halogens is 3. The zero-order valence-electron chi connectivity index (χ0n) is 18.8. The van der Waals surface area contributed by atoms with Gasteiger partial charge in [0.25, 0.3) is 6.43 Å². The Balaban J connectivity index is 1.94. The molecule has 0 aliphatic carbocycles. The number of alkyl halides is 2. The molecule has 2 aromatic carbocycles. The number of ether oxygens (including phenoxy) is 1.